The molecule has 1 heterocycles. The van der Waals surface area contributed by atoms with Crippen molar-refractivity contribution in [2.75, 3.05) is 0 Å². The van der Waals surface area contributed by atoms with E-state index in [2.05, 4.69) is 11.1 Å². The largest absolute Gasteiger partial charge is 0.310 e. The Morgan fingerprint density at radius 2 is 1.85 bits per heavy atom. The molecule has 0 aliphatic heterocycles. The Labute approximate surface area is 126 Å². The first-order valence-corrected chi connectivity index (χ1v) is 6.73. The molecule has 20 heavy (non-hydrogen) atoms. The Bertz CT molecular complexity index is 813. The highest BCUT2D eigenvalue weighted by atomic mass is 35.5. The molecule has 0 atom stereocenters. The lowest BCUT2D eigenvalue weighted by atomic mass is 10.1. The van der Waals surface area contributed by atoms with Crippen LogP contribution in [0.5, 0.6) is 0 Å². The third-order valence-electron chi connectivity index (χ3n) is 3.09. The molecule has 0 bridgehead atoms. The van der Waals surface area contributed by atoms with Crippen LogP contribution in [-0.2, 0) is 6.54 Å². The maximum absolute atomic E-state index is 8.80. The van der Waals surface area contributed by atoms with Crippen molar-refractivity contribution in [1.29, 1.82) is 5.26 Å². The van der Waals surface area contributed by atoms with Crippen LogP contribution < -0.4 is 0 Å². The molecule has 2 aromatic carbocycles. The lowest BCUT2D eigenvalue weighted by Gasteiger charge is -2.06. The zero-order valence-electron chi connectivity index (χ0n) is 10.3. The van der Waals surface area contributed by atoms with Crippen LogP contribution >= 0.6 is 23.2 Å². The zero-order chi connectivity index (χ0) is 14.1. The molecule has 0 aliphatic rings. The van der Waals surface area contributed by atoms with E-state index in [1.54, 1.807) is 18.2 Å². The van der Waals surface area contributed by atoms with Gasteiger partial charge in [-0.1, -0.05) is 23.7 Å². The van der Waals surface area contributed by atoms with Crippen molar-refractivity contribution in [2.24, 2.45) is 0 Å². The number of aromatic nitrogens is 2. The van der Waals surface area contributed by atoms with Gasteiger partial charge in [0.1, 0.15) is 0 Å². The van der Waals surface area contributed by atoms with E-state index in [1.807, 2.05) is 28.8 Å². The van der Waals surface area contributed by atoms with Crippen LogP contribution in [0.4, 0.5) is 0 Å². The Kier molecular flexibility index (Phi) is 3.35. The second kappa shape index (κ2) is 5.16. The summed E-state index contributed by atoms with van der Waals surface area (Å²) < 4.78 is 1.91. The van der Waals surface area contributed by atoms with E-state index < -0.39 is 0 Å². The van der Waals surface area contributed by atoms with Gasteiger partial charge in [-0.3, -0.25) is 0 Å². The fourth-order valence-corrected chi connectivity index (χ4v) is 2.50. The summed E-state index contributed by atoms with van der Waals surface area (Å²) in [6.07, 6.45) is 0. The SMILES string of the molecule is N#Cc1ccc(Cn2c(Cl)nc3cc(Cl)ccc32)cc1. The normalized spacial score (nSPS) is 10.7. The average Bonchev–Trinajstić information content (AvgIpc) is 2.75. The van der Waals surface area contributed by atoms with E-state index in [-0.39, 0.29) is 0 Å². The van der Waals surface area contributed by atoms with E-state index in [1.165, 1.54) is 0 Å². The van der Waals surface area contributed by atoms with E-state index >= 15 is 0 Å². The first kappa shape index (κ1) is 13.0. The third kappa shape index (κ3) is 2.36. The fourth-order valence-electron chi connectivity index (χ4n) is 2.09. The molecule has 98 valence electrons. The molecule has 0 N–H and O–H groups in total. The van der Waals surface area contributed by atoms with Crippen molar-refractivity contribution in [3.8, 4) is 6.07 Å². The Balaban J connectivity index is 2.01. The molecule has 0 saturated carbocycles. The molecule has 0 radical (unpaired) electrons. The Morgan fingerprint density at radius 3 is 2.55 bits per heavy atom. The summed E-state index contributed by atoms with van der Waals surface area (Å²) in [5, 5.41) is 9.86. The quantitative estimate of drug-likeness (QED) is 0.709. The number of fused-ring (bicyclic) bond motifs is 1. The number of halogens is 2. The van der Waals surface area contributed by atoms with E-state index in [9.17, 15) is 0 Å². The van der Waals surface area contributed by atoms with Gasteiger partial charge in [0.25, 0.3) is 0 Å². The smallest absolute Gasteiger partial charge is 0.204 e. The minimum Gasteiger partial charge on any atom is -0.310 e. The number of hydrogen-bond donors (Lipinski definition) is 0. The minimum atomic E-state index is 0.423. The second-order valence-corrected chi connectivity index (χ2v) is 5.18. The summed E-state index contributed by atoms with van der Waals surface area (Å²) in [7, 11) is 0. The Morgan fingerprint density at radius 1 is 1.10 bits per heavy atom. The van der Waals surface area contributed by atoms with Crippen molar-refractivity contribution in [3.63, 3.8) is 0 Å². The second-order valence-electron chi connectivity index (χ2n) is 4.41. The molecule has 1 aromatic heterocycles. The van der Waals surface area contributed by atoms with Crippen LogP contribution in [0.3, 0.4) is 0 Å². The Hall–Kier alpha value is -2.02. The number of benzene rings is 2. The maximum atomic E-state index is 8.80. The van der Waals surface area contributed by atoms with Crippen LogP contribution in [0.15, 0.2) is 42.5 Å². The van der Waals surface area contributed by atoms with Crippen LogP contribution in [0.25, 0.3) is 11.0 Å². The molecule has 0 saturated heterocycles. The summed E-state index contributed by atoms with van der Waals surface area (Å²) in [5.41, 5.74) is 3.40. The summed E-state index contributed by atoms with van der Waals surface area (Å²) in [4.78, 5) is 4.30. The summed E-state index contributed by atoms with van der Waals surface area (Å²) >= 11 is 12.1. The monoisotopic (exact) mass is 301 g/mol. The van der Waals surface area contributed by atoms with Gasteiger partial charge in [-0.2, -0.15) is 5.26 Å². The topological polar surface area (TPSA) is 41.6 Å². The molecular formula is C15H9Cl2N3. The van der Waals surface area contributed by atoms with Crippen LogP contribution in [-0.4, -0.2) is 9.55 Å². The van der Waals surface area contributed by atoms with Crippen molar-refractivity contribution in [2.45, 2.75) is 6.54 Å². The summed E-state index contributed by atoms with van der Waals surface area (Å²) in [5.74, 6) is 0. The predicted molar refractivity (Wildman–Crippen MR) is 80.0 cm³/mol. The molecule has 0 amide bonds. The number of nitrogens with zero attached hydrogens (tertiary/aromatic N) is 3. The predicted octanol–water partition coefficient (Wildman–Crippen LogP) is 4.26. The van der Waals surface area contributed by atoms with Crippen molar-refractivity contribution < 1.29 is 0 Å². The van der Waals surface area contributed by atoms with Crippen LogP contribution in [0.1, 0.15) is 11.1 Å². The van der Waals surface area contributed by atoms with Gasteiger partial charge in [-0.05, 0) is 47.5 Å². The number of hydrogen-bond acceptors (Lipinski definition) is 2. The standard InChI is InChI=1S/C15H9Cl2N3/c16-12-5-6-14-13(7-12)19-15(17)20(14)9-11-3-1-10(8-18)2-4-11/h1-7H,9H2. The first-order valence-electron chi connectivity index (χ1n) is 5.98. The number of nitriles is 1. The molecule has 0 unspecified atom stereocenters. The molecule has 0 spiro atoms. The molecule has 3 rings (SSSR count). The minimum absolute atomic E-state index is 0.423. The van der Waals surface area contributed by atoms with E-state index in [0.29, 0.717) is 22.4 Å². The van der Waals surface area contributed by atoms with Gasteiger partial charge in [-0.15, -0.1) is 0 Å². The lowest BCUT2D eigenvalue weighted by molar-refractivity contribution is 0.825. The number of rotatable bonds is 2. The summed E-state index contributed by atoms with van der Waals surface area (Å²) in [6.45, 7) is 0.600. The van der Waals surface area contributed by atoms with Gasteiger partial charge in [-0.25, -0.2) is 4.98 Å². The van der Waals surface area contributed by atoms with E-state index in [4.69, 9.17) is 28.5 Å². The molecule has 0 fully saturated rings. The first-order chi connectivity index (χ1) is 9.67. The van der Waals surface area contributed by atoms with Gasteiger partial charge < -0.3 is 4.57 Å². The highest BCUT2D eigenvalue weighted by Crippen LogP contribution is 2.24. The van der Waals surface area contributed by atoms with Gasteiger partial charge in [0, 0.05) is 5.02 Å². The van der Waals surface area contributed by atoms with Crippen molar-refractivity contribution in [3.05, 3.63) is 63.9 Å². The highest BCUT2D eigenvalue weighted by molar-refractivity contribution is 6.31. The third-order valence-corrected chi connectivity index (χ3v) is 3.61. The lowest BCUT2D eigenvalue weighted by Crippen LogP contribution is -1.99. The molecule has 3 nitrogen and oxygen atoms in total. The molecular weight excluding hydrogens is 293 g/mol. The highest BCUT2D eigenvalue weighted by Gasteiger charge is 2.09. The van der Waals surface area contributed by atoms with Crippen molar-refractivity contribution in [1.82, 2.24) is 9.55 Å². The fraction of sp³-hybridized carbons (Fsp3) is 0.0667. The van der Waals surface area contributed by atoms with Gasteiger partial charge in [0.15, 0.2) is 0 Å². The molecule has 3 aromatic rings. The van der Waals surface area contributed by atoms with Crippen LogP contribution in [0, 0.1) is 11.3 Å². The van der Waals surface area contributed by atoms with Gasteiger partial charge in [0.05, 0.1) is 29.2 Å². The molecule has 5 heteroatoms. The molecule has 0 aliphatic carbocycles. The summed E-state index contributed by atoms with van der Waals surface area (Å²) in [6, 6.07) is 15.0. The van der Waals surface area contributed by atoms with Gasteiger partial charge in [0.2, 0.25) is 5.28 Å². The average molecular weight is 302 g/mol. The maximum Gasteiger partial charge on any atom is 0.204 e. The van der Waals surface area contributed by atoms with E-state index in [0.717, 1.165) is 16.6 Å². The number of imidazole rings is 1. The van der Waals surface area contributed by atoms with Crippen LogP contribution in [0.2, 0.25) is 10.3 Å². The van der Waals surface area contributed by atoms with Gasteiger partial charge >= 0.3 is 0 Å². The zero-order valence-corrected chi connectivity index (χ0v) is 11.9. The van der Waals surface area contributed by atoms with Crippen molar-refractivity contribution >= 4 is 34.2 Å².